The van der Waals surface area contributed by atoms with Gasteiger partial charge in [-0.2, -0.15) is 0 Å². The van der Waals surface area contributed by atoms with Gasteiger partial charge in [-0.15, -0.1) is 6.58 Å². The molecule has 0 aliphatic rings. The minimum Gasteiger partial charge on any atom is -0.350 e. The van der Waals surface area contributed by atoms with Gasteiger partial charge in [0.2, 0.25) is 10.0 Å². The molecule has 2 amide bonds. The number of rotatable bonds is 9. The highest BCUT2D eigenvalue weighted by Crippen LogP contribution is 2.11. The molecule has 0 aliphatic heterocycles. The Labute approximate surface area is 162 Å². The second kappa shape index (κ2) is 9.77. The molecule has 0 saturated heterocycles. The Morgan fingerprint density at radius 3 is 2.36 bits per heavy atom. The summed E-state index contributed by atoms with van der Waals surface area (Å²) >= 11 is 0. The number of halogens is 1. The molecule has 0 spiro atoms. The Morgan fingerprint density at radius 1 is 1.00 bits per heavy atom. The molecule has 0 saturated carbocycles. The van der Waals surface area contributed by atoms with Crippen LogP contribution in [-0.4, -0.2) is 39.9 Å². The van der Waals surface area contributed by atoms with E-state index in [0.717, 1.165) is 0 Å². The topological polar surface area (TPSA) is 104 Å². The van der Waals surface area contributed by atoms with Crippen molar-refractivity contribution in [2.24, 2.45) is 0 Å². The van der Waals surface area contributed by atoms with E-state index in [0.29, 0.717) is 0 Å². The lowest BCUT2D eigenvalue weighted by atomic mass is 10.2. The fourth-order valence-corrected chi connectivity index (χ4v) is 3.29. The first-order valence-electron chi connectivity index (χ1n) is 8.36. The minimum absolute atomic E-state index is 0.0464. The zero-order valence-corrected chi connectivity index (χ0v) is 15.8. The molecule has 0 fully saturated rings. The lowest BCUT2D eigenvalue weighted by molar-refractivity contribution is 0.0925. The Morgan fingerprint density at radius 2 is 1.68 bits per heavy atom. The van der Waals surface area contributed by atoms with Gasteiger partial charge < -0.3 is 10.6 Å². The van der Waals surface area contributed by atoms with Crippen LogP contribution in [0.3, 0.4) is 0 Å². The maximum Gasteiger partial charge on any atom is 0.254 e. The summed E-state index contributed by atoms with van der Waals surface area (Å²) in [6, 6.07) is 11.1. The predicted molar refractivity (Wildman–Crippen MR) is 103 cm³/mol. The minimum atomic E-state index is -3.74. The summed E-state index contributed by atoms with van der Waals surface area (Å²) < 4.78 is 40.0. The van der Waals surface area contributed by atoms with E-state index in [-0.39, 0.29) is 35.7 Å². The van der Waals surface area contributed by atoms with Gasteiger partial charge in [0.25, 0.3) is 11.8 Å². The lowest BCUT2D eigenvalue weighted by Gasteiger charge is -2.09. The highest BCUT2D eigenvalue weighted by Gasteiger charge is 2.15. The summed E-state index contributed by atoms with van der Waals surface area (Å²) in [5, 5.41) is 5.06. The molecule has 0 aliphatic carbocycles. The monoisotopic (exact) mass is 405 g/mol. The highest BCUT2D eigenvalue weighted by molar-refractivity contribution is 7.89. The van der Waals surface area contributed by atoms with Crippen LogP contribution in [0.15, 0.2) is 66.1 Å². The van der Waals surface area contributed by atoms with Crippen LogP contribution in [0, 0.1) is 5.82 Å². The van der Waals surface area contributed by atoms with Crippen molar-refractivity contribution in [1.82, 2.24) is 15.4 Å². The van der Waals surface area contributed by atoms with Crippen LogP contribution in [0.5, 0.6) is 0 Å². The van der Waals surface area contributed by atoms with Crippen molar-refractivity contribution in [3.63, 3.8) is 0 Å². The van der Waals surface area contributed by atoms with Crippen molar-refractivity contribution in [3.05, 3.63) is 78.1 Å². The first-order valence-corrected chi connectivity index (χ1v) is 9.85. The number of benzene rings is 2. The third-order valence-corrected chi connectivity index (χ3v) is 5.06. The summed E-state index contributed by atoms with van der Waals surface area (Å²) in [6.45, 7) is 3.68. The molecule has 0 heterocycles. The molecule has 2 rings (SSSR count). The number of nitrogens with one attached hydrogen (secondary N) is 3. The Kier molecular flexibility index (Phi) is 7.42. The molecule has 3 N–H and O–H groups in total. The van der Waals surface area contributed by atoms with Crippen molar-refractivity contribution < 1.29 is 22.4 Å². The van der Waals surface area contributed by atoms with E-state index in [2.05, 4.69) is 21.9 Å². The van der Waals surface area contributed by atoms with Crippen molar-refractivity contribution in [2.75, 3.05) is 19.6 Å². The molecule has 0 radical (unpaired) electrons. The average Bonchev–Trinajstić information content (AvgIpc) is 2.69. The van der Waals surface area contributed by atoms with Gasteiger partial charge >= 0.3 is 0 Å². The molecule has 7 nitrogen and oxygen atoms in total. The molecule has 0 bridgehead atoms. The highest BCUT2D eigenvalue weighted by atomic mass is 32.2. The zero-order chi connectivity index (χ0) is 20.6. The summed E-state index contributed by atoms with van der Waals surface area (Å²) in [7, 11) is -3.74. The molecule has 2 aromatic rings. The van der Waals surface area contributed by atoms with E-state index >= 15 is 0 Å². The van der Waals surface area contributed by atoms with Crippen molar-refractivity contribution in [3.8, 4) is 0 Å². The maximum absolute atomic E-state index is 13.5. The van der Waals surface area contributed by atoms with Gasteiger partial charge in [-0.1, -0.05) is 24.3 Å². The fourth-order valence-electron chi connectivity index (χ4n) is 2.25. The predicted octanol–water partition coefficient (Wildman–Crippen LogP) is 1.45. The number of hydrogen-bond donors (Lipinski definition) is 3. The normalized spacial score (nSPS) is 10.9. The van der Waals surface area contributed by atoms with Crippen LogP contribution in [-0.2, 0) is 10.0 Å². The van der Waals surface area contributed by atoms with Gasteiger partial charge in [0.05, 0.1) is 10.5 Å². The zero-order valence-electron chi connectivity index (χ0n) is 14.9. The maximum atomic E-state index is 13.5. The van der Waals surface area contributed by atoms with E-state index in [9.17, 15) is 22.4 Å². The molecular formula is C19H20FN3O4S. The summed E-state index contributed by atoms with van der Waals surface area (Å²) in [4.78, 5) is 24.0. The molecule has 28 heavy (non-hydrogen) atoms. The molecule has 2 aromatic carbocycles. The van der Waals surface area contributed by atoms with Crippen LogP contribution in [0.1, 0.15) is 20.7 Å². The van der Waals surface area contributed by atoms with Gasteiger partial charge in [0.15, 0.2) is 0 Å². The Hall–Kier alpha value is -3.04. The van der Waals surface area contributed by atoms with Gasteiger partial charge in [-0.05, 0) is 30.3 Å². The van der Waals surface area contributed by atoms with Crippen LogP contribution in [0.2, 0.25) is 0 Å². The lowest BCUT2D eigenvalue weighted by Crippen LogP contribution is -2.35. The molecular weight excluding hydrogens is 385 g/mol. The SMILES string of the molecule is C=CCNS(=O)(=O)c1cccc(C(=O)NCCNC(=O)c2ccccc2F)c1. The Balaban J connectivity index is 1.90. The smallest absolute Gasteiger partial charge is 0.254 e. The third-order valence-electron chi connectivity index (χ3n) is 3.64. The molecule has 0 unspecified atom stereocenters. The Bertz CT molecular complexity index is 977. The fraction of sp³-hybridized carbons (Fsp3) is 0.158. The molecule has 148 valence electrons. The average molecular weight is 405 g/mol. The van der Waals surface area contributed by atoms with Crippen LogP contribution in [0.4, 0.5) is 4.39 Å². The van der Waals surface area contributed by atoms with E-state index in [1.54, 1.807) is 6.07 Å². The first kappa shape index (κ1) is 21.3. The van der Waals surface area contributed by atoms with Crippen molar-refractivity contribution in [2.45, 2.75) is 4.90 Å². The van der Waals surface area contributed by atoms with Crippen LogP contribution < -0.4 is 15.4 Å². The van der Waals surface area contributed by atoms with E-state index in [4.69, 9.17) is 0 Å². The second-order valence-corrected chi connectivity index (χ2v) is 7.43. The first-order chi connectivity index (χ1) is 13.3. The van der Waals surface area contributed by atoms with Gasteiger partial charge in [0, 0.05) is 25.2 Å². The number of carbonyl (C=O) groups excluding carboxylic acids is 2. The standard InChI is InChI=1S/C19H20FN3O4S/c1-2-10-23-28(26,27)15-7-5-6-14(13-15)18(24)21-11-12-22-19(25)16-8-3-4-9-17(16)20/h2-9,13,23H,1,10-12H2,(H,21,24)(H,22,25). The van der Waals surface area contributed by atoms with Gasteiger partial charge in [0.1, 0.15) is 5.82 Å². The second-order valence-electron chi connectivity index (χ2n) is 5.66. The van der Waals surface area contributed by atoms with Gasteiger partial charge in [-0.25, -0.2) is 17.5 Å². The molecule has 0 atom stereocenters. The van der Waals surface area contributed by atoms with Crippen LogP contribution >= 0.6 is 0 Å². The number of amides is 2. The van der Waals surface area contributed by atoms with E-state index < -0.39 is 27.7 Å². The summed E-state index contributed by atoms with van der Waals surface area (Å²) in [6.07, 6.45) is 1.41. The quantitative estimate of drug-likeness (QED) is 0.434. The number of sulfonamides is 1. The van der Waals surface area contributed by atoms with Gasteiger partial charge in [-0.3, -0.25) is 9.59 Å². The summed E-state index contributed by atoms with van der Waals surface area (Å²) in [5.41, 5.74) is 0.0701. The third kappa shape index (κ3) is 5.73. The molecule has 9 heteroatoms. The van der Waals surface area contributed by atoms with E-state index in [1.807, 2.05) is 0 Å². The van der Waals surface area contributed by atoms with E-state index in [1.165, 1.54) is 48.5 Å². The molecule has 0 aromatic heterocycles. The summed E-state index contributed by atoms with van der Waals surface area (Å²) in [5.74, 6) is -1.72. The van der Waals surface area contributed by atoms with Crippen LogP contribution in [0.25, 0.3) is 0 Å². The van der Waals surface area contributed by atoms with Crippen molar-refractivity contribution >= 4 is 21.8 Å². The number of hydrogen-bond acceptors (Lipinski definition) is 4. The largest absolute Gasteiger partial charge is 0.350 e. The van der Waals surface area contributed by atoms with Crippen molar-refractivity contribution in [1.29, 1.82) is 0 Å². The number of carbonyl (C=O) groups is 2.